The van der Waals surface area contributed by atoms with Crippen molar-refractivity contribution in [3.63, 3.8) is 0 Å². The zero-order chi connectivity index (χ0) is 17.5. The lowest BCUT2D eigenvalue weighted by molar-refractivity contribution is -0.138. The number of hydrogen-bond acceptors (Lipinski definition) is 4. The highest BCUT2D eigenvalue weighted by atomic mass is 16.6. The number of nitrogens with zero attached hydrogens (tertiary/aromatic N) is 2. The van der Waals surface area contributed by atoms with Gasteiger partial charge in [0.05, 0.1) is 5.70 Å². The Balaban J connectivity index is 1.40. The third-order valence-electron chi connectivity index (χ3n) is 4.27. The van der Waals surface area contributed by atoms with Crippen LogP contribution in [0.5, 0.6) is 0 Å². The Bertz CT molecular complexity index is 695. The lowest BCUT2D eigenvalue weighted by atomic mass is 10.2. The molecule has 0 unspecified atom stereocenters. The maximum absolute atomic E-state index is 12.3. The Hall–Kier alpha value is -2.79. The summed E-state index contributed by atoms with van der Waals surface area (Å²) in [5.41, 5.74) is 5.53. The average Bonchev–Trinajstić information content (AvgIpc) is 2.69. The van der Waals surface area contributed by atoms with E-state index < -0.39 is 0 Å². The zero-order valence-electron chi connectivity index (χ0n) is 14.2. The van der Waals surface area contributed by atoms with E-state index in [0.29, 0.717) is 18.8 Å². The largest absolute Gasteiger partial charge is 0.368 e. The van der Waals surface area contributed by atoms with Crippen molar-refractivity contribution in [2.24, 2.45) is 0 Å². The van der Waals surface area contributed by atoms with Crippen molar-refractivity contribution in [1.82, 2.24) is 10.4 Å². The number of hydroxylamine groups is 1. The van der Waals surface area contributed by atoms with Gasteiger partial charge >= 0.3 is 0 Å². The van der Waals surface area contributed by atoms with Gasteiger partial charge in [0.25, 0.3) is 5.91 Å². The molecule has 0 aliphatic carbocycles. The molecule has 1 fully saturated rings. The van der Waals surface area contributed by atoms with Crippen LogP contribution in [0.15, 0.2) is 67.2 Å². The molecule has 2 aromatic rings. The minimum Gasteiger partial charge on any atom is -0.368 e. The van der Waals surface area contributed by atoms with Crippen molar-refractivity contribution in [3.8, 4) is 0 Å². The quantitative estimate of drug-likeness (QED) is 0.823. The molecule has 1 aliphatic heterocycles. The summed E-state index contributed by atoms with van der Waals surface area (Å²) in [5, 5.41) is 0. The van der Waals surface area contributed by atoms with Gasteiger partial charge in [0, 0.05) is 31.9 Å². The van der Waals surface area contributed by atoms with Crippen LogP contribution in [-0.4, -0.2) is 43.6 Å². The molecule has 0 saturated carbocycles. The molecular weight excluding hydrogens is 314 g/mol. The number of carbonyl (C=O) groups excluding carboxylic acids is 1. The zero-order valence-corrected chi connectivity index (χ0v) is 14.2. The first-order valence-electron chi connectivity index (χ1n) is 8.44. The second kappa shape index (κ2) is 8.35. The van der Waals surface area contributed by atoms with Gasteiger partial charge in [-0.1, -0.05) is 55.1 Å². The maximum atomic E-state index is 12.3. The molecule has 0 spiro atoms. The number of para-hydroxylation sites is 1. The third kappa shape index (κ3) is 4.61. The molecule has 0 atom stereocenters. The van der Waals surface area contributed by atoms with Gasteiger partial charge in [0.1, 0.15) is 0 Å². The number of hydrogen-bond donors (Lipinski definition) is 1. The number of anilines is 1. The summed E-state index contributed by atoms with van der Waals surface area (Å²) in [6.07, 6.45) is 0. The lowest BCUT2D eigenvalue weighted by Crippen LogP contribution is -2.50. The smallest absolute Gasteiger partial charge is 0.251 e. The van der Waals surface area contributed by atoms with Crippen LogP contribution in [0.4, 0.5) is 5.69 Å². The Morgan fingerprint density at radius 2 is 1.56 bits per heavy atom. The lowest BCUT2D eigenvalue weighted by Gasteiger charge is -2.36. The summed E-state index contributed by atoms with van der Waals surface area (Å²) >= 11 is 0. The molecule has 2 aromatic carbocycles. The van der Waals surface area contributed by atoms with E-state index in [2.05, 4.69) is 29.1 Å². The predicted molar refractivity (Wildman–Crippen MR) is 99.8 cm³/mol. The minimum absolute atomic E-state index is 0.00279. The fourth-order valence-electron chi connectivity index (χ4n) is 2.83. The van der Waals surface area contributed by atoms with Crippen LogP contribution in [0.25, 0.3) is 5.70 Å². The molecule has 1 N–H and O–H groups in total. The number of rotatable bonds is 6. The number of carbonyl (C=O) groups is 1. The van der Waals surface area contributed by atoms with Crippen molar-refractivity contribution in [2.75, 3.05) is 37.7 Å². The molecule has 5 nitrogen and oxygen atoms in total. The number of piperazine rings is 1. The highest BCUT2D eigenvalue weighted by Gasteiger charge is 2.21. The monoisotopic (exact) mass is 337 g/mol. The van der Waals surface area contributed by atoms with Crippen molar-refractivity contribution < 1.29 is 9.63 Å². The van der Waals surface area contributed by atoms with E-state index in [4.69, 9.17) is 4.84 Å². The Morgan fingerprint density at radius 1 is 0.960 bits per heavy atom. The molecule has 0 aromatic heterocycles. The van der Waals surface area contributed by atoms with E-state index in [1.807, 2.05) is 53.4 Å². The first-order valence-corrected chi connectivity index (χ1v) is 8.44. The summed E-state index contributed by atoms with van der Waals surface area (Å²) in [6.45, 7) is 6.98. The van der Waals surface area contributed by atoms with E-state index in [1.165, 1.54) is 5.69 Å². The molecule has 0 bridgehead atoms. The first kappa shape index (κ1) is 17.0. The van der Waals surface area contributed by atoms with Gasteiger partial charge < -0.3 is 9.80 Å². The Labute approximate surface area is 148 Å². The summed E-state index contributed by atoms with van der Waals surface area (Å²) < 4.78 is 0. The van der Waals surface area contributed by atoms with E-state index in [-0.39, 0.29) is 12.5 Å². The van der Waals surface area contributed by atoms with Gasteiger partial charge in [-0.2, -0.15) is 0 Å². The van der Waals surface area contributed by atoms with Crippen molar-refractivity contribution >= 4 is 17.3 Å². The number of benzene rings is 2. The summed E-state index contributed by atoms with van der Waals surface area (Å²) in [6, 6.07) is 19.9. The average molecular weight is 337 g/mol. The van der Waals surface area contributed by atoms with Crippen LogP contribution < -0.4 is 10.4 Å². The van der Waals surface area contributed by atoms with Crippen LogP contribution in [0, 0.1) is 0 Å². The summed E-state index contributed by atoms with van der Waals surface area (Å²) in [7, 11) is 0. The van der Waals surface area contributed by atoms with E-state index in [1.54, 1.807) is 0 Å². The SMILES string of the molecule is C=C(NOCC(=O)N1CCN(c2ccccc2)CC1)c1ccccc1. The van der Waals surface area contributed by atoms with Crippen LogP contribution in [-0.2, 0) is 9.63 Å². The van der Waals surface area contributed by atoms with Crippen LogP contribution in [0.1, 0.15) is 5.56 Å². The molecule has 5 heteroatoms. The van der Waals surface area contributed by atoms with Crippen LogP contribution >= 0.6 is 0 Å². The third-order valence-corrected chi connectivity index (χ3v) is 4.27. The van der Waals surface area contributed by atoms with E-state index in [9.17, 15) is 4.79 Å². The normalized spacial score (nSPS) is 14.2. The fourth-order valence-corrected chi connectivity index (χ4v) is 2.83. The van der Waals surface area contributed by atoms with Gasteiger partial charge in [0.15, 0.2) is 6.61 Å². The molecule has 1 heterocycles. The van der Waals surface area contributed by atoms with Crippen molar-refractivity contribution in [2.45, 2.75) is 0 Å². The Kier molecular flexibility index (Phi) is 5.69. The predicted octanol–water partition coefficient (Wildman–Crippen LogP) is 2.53. The van der Waals surface area contributed by atoms with E-state index in [0.717, 1.165) is 18.7 Å². The molecule has 130 valence electrons. The van der Waals surface area contributed by atoms with E-state index >= 15 is 0 Å². The Morgan fingerprint density at radius 3 is 2.20 bits per heavy atom. The highest BCUT2D eigenvalue weighted by molar-refractivity contribution is 5.78. The molecule has 1 aliphatic rings. The van der Waals surface area contributed by atoms with Crippen LogP contribution in [0.2, 0.25) is 0 Å². The molecule has 25 heavy (non-hydrogen) atoms. The topological polar surface area (TPSA) is 44.8 Å². The first-order chi connectivity index (χ1) is 12.2. The second-order valence-corrected chi connectivity index (χ2v) is 5.94. The molecule has 0 radical (unpaired) electrons. The molecular formula is C20H23N3O2. The molecule has 1 saturated heterocycles. The summed E-state index contributed by atoms with van der Waals surface area (Å²) in [4.78, 5) is 21.7. The molecule has 3 rings (SSSR count). The van der Waals surface area contributed by atoms with Crippen molar-refractivity contribution in [1.29, 1.82) is 0 Å². The van der Waals surface area contributed by atoms with Gasteiger partial charge in [0.2, 0.25) is 0 Å². The van der Waals surface area contributed by atoms with Gasteiger partial charge in [-0.25, -0.2) is 0 Å². The standard InChI is InChI=1S/C20H23N3O2/c1-17(18-8-4-2-5-9-18)21-25-16-20(24)23-14-12-22(13-15-23)19-10-6-3-7-11-19/h2-11,21H,1,12-16H2. The number of nitrogens with one attached hydrogen (secondary N) is 1. The van der Waals surface area contributed by atoms with Gasteiger partial charge in [-0.15, -0.1) is 0 Å². The van der Waals surface area contributed by atoms with Crippen LogP contribution in [0.3, 0.4) is 0 Å². The maximum Gasteiger partial charge on any atom is 0.251 e. The van der Waals surface area contributed by atoms with Gasteiger partial charge in [-0.05, 0) is 17.7 Å². The number of amides is 1. The highest BCUT2D eigenvalue weighted by Crippen LogP contribution is 2.15. The minimum atomic E-state index is -0.0129. The van der Waals surface area contributed by atoms with Crippen molar-refractivity contribution in [3.05, 3.63) is 72.8 Å². The second-order valence-electron chi connectivity index (χ2n) is 5.94. The van der Waals surface area contributed by atoms with Gasteiger partial charge in [-0.3, -0.25) is 15.1 Å². The molecule has 1 amide bonds. The summed E-state index contributed by atoms with van der Waals surface area (Å²) in [5.74, 6) is -0.0129. The fraction of sp³-hybridized carbons (Fsp3) is 0.250.